The van der Waals surface area contributed by atoms with Crippen molar-refractivity contribution in [2.75, 3.05) is 13.1 Å². The predicted molar refractivity (Wildman–Crippen MR) is 88.4 cm³/mol. The summed E-state index contributed by atoms with van der Waals surface area (Å²) in [7, 11) is 0. The lowest BCUT2D eigenvalue weighted by atomic mass is 9.69. The highest BCUT2D eigenvalue weighted by Crippen LogP contribution is 2.43. The number of piperidine rings is 1. The summed E-state index contributed by atoms with van der Waals surface area (Å²) in [5.41, 5.74) is 1.53. The van der Waals surface area contributed by atoms with Crippen molar-refractivity contribution in [3.8, 4) is 0 Å². The Balaban J connectivity index is 1.62. The molecule has 0 bridgehead atoms. The zero-order chi connectivity index (χ0) is 16.3. The van der Waals surface area contributed by atoms with Crippen LogP contribution in [0.25, 0.3) is 0 Å². The summed E-state index contributed by atoms with van der Waals surface area (Å²) in [6.07, 6.45) is 9.24. The minimum absolute atomic E-state index is 0.178. The van der Waals surface area contributed by atoms with Gasteiger partial charge in [-0.1, -0.05) is 31.4 Å². The molecule has 23 heavy (non-hydrogen) atoms. The Morgan fingerprint density at radius 3 is 2.30 bits per heavy atom. The Hall–Kier alpha value is -1.84. The van der Waals surface area contributed by atoms with E-state index in [-0.39, 0.29) is 11.5 Å². The van der Waals surface area contributed by atoms with E-state index in [0.29, 0.717) is 11.8 Å². The molecule has 1 heterocycles. The van der Waals surface area contributed by atoms with Crippen LogP contribution in [0.2, 0.25) is 0 Å². The van der Waals surface area contributed by atoms with E-state index in [2.05, 4.69) is 0 Å². The fourth-order valence-electron chi connectivity index (χ4n) is 4.18. The smallest absolute Gasteiger partial charge is 0.335 e. The second kappa shape index (κ2) is 6.73. The van der Waals surface area contributed by atoms with Gasteiger partial charge in [0.1, 0.15) is 0 Å². The minimum atomic E-state index is -0.932. The normalized spacial score (nSPS) is 20.4. The molecule has 124 valence electrons. The van der Waals surface area contributed by atoms with E-state index < -0.39 is 5.97 Å². The number of hydrogen-bond acceptors (Lipinski definition) is 2. The van der Waals surface area contributed by atoms with Gasteiger partial charge < -0.3 is 10.0 Å². The van der Waals surface area contributed by atoms with Crippen LogP contribution < -0.4 is 0 Å². The van der Waals surface area contributed by atoms with Crippen molar-refractivity contribution in [2.45, 2.75) is 51.4 Å². The highest BCUT2D eigenvalue weighted by Gasteiger charge is 2.37. The Morgan fingerprint density at radius 1 is 1.00 bits per heavy atom. The van der Waals surface area contributed by atoms with Gasteiger partial charge in [0.25, 0.3) is 0 Å². The van der Waals surface area contributed by atoms with Crippen molar-refractivity contribution in [2.24, 2.45) is 5.41 Å². The molecule has 3 rings (SSSR count). The van der Waals surface area contributed by atoms with Crippen LogP contribution in [0.3, 0.4) is 0 Å². The van der Waals surface area contributed by atoms with Crippen molar-refractivity contribution in [3.63, 3.8) is 0 Å². The Morgan fingerprint density at radius 2 is 1.65 bits per heavy atom. The summed E-state index contributed by atoms with van der Waals surface area (Å²) >= 11 is 0. The Kier molecular flexibility index (Phi) is 4.69. The highest BCUT2D eigenvalue weighted by atomic mass is 16.4. The van der Waals surface area contributed by atoms with E-state index in [0.717, 1.165) is 25.1 Å². The van der Waals surface area contributed by atoms with Crippen LogP contribution in [0.1, 0.15) is 60.9 Å². The van der Waals surface area contributed by atoms with Crippen molar-refractivity contribution in [1.29, 1.82) is 0 Å². The van der Waals surface area contributed by atoms with Gasteiger partial charge >= 0.3 is 5.97 Å². The van der Waals surface area contributed by atoms with Gasteiger partial charge in [-0.3, -0.25) is 4.79 Å². The standard InChI is InChI=1S/C19H25NO3/c21-17(13-15-5-7-16(8-6-15)18(22)23)20-12-4-11-19(14-20)9-2-1-3-10-19/h5-8H,1-4,9-14H2,(H,22,23). The van der Waals surface area contributed by atoms with Crippen LogP contribution in [0.4, 0.5) is 0 Å². The number of carbonyl (C=O) groups is 2. The third kappa shape index (κ3) is 3.74. The van der Waals surface area contributed by atoms with Gasteiger partial charge in [0.15, 0.2) is 0 Å². The van der Waals surface area contributed by atoms with Gasteiger partial charge in [-0.15, -0.1) is 0 Å². The molecule has 2 aliphatic rings. The van der Waals surface area contributed by atoms with Gasteiger partial charge in [-0.05, 0) is 48.8 Å². The number of benzene rings is 1. The maximum Gasteiger partial charge on any atom is 0.335 e. The van der Waals surface area contributed by atoms with Gasteiger partial charge in [0, 0.05) is 13.1 Å². The number of aromatic carboxylic acids is 1. The molecule has 1 N–H and O–H groups in total. The van der Waals surface area contributed by atoms with Gasteiger partial charge in [0.05, 0.1) is 12.0 Å². The van der Waals surface area contributed by atoms with E-state index in [4.69, 9.17) is 5.11 Å². The van der Waals surface area contributed by atoms with Crippen LogP contribution >= 0.6 is 0 Å². The summed E-state index contributed by atoms with van der Waals surface area (Å²) in [4.78, 5) is 25.5. The van der Waals surface area contributed by atoms with Crippen molar-refractivity contribution in [3.05, 3.63) is 35.4 Å². The van der Waals surface area contributed by atoms with Gasteiger partial charge in [0.2, 0.25) is 5.91 Å². The van der Waals surface area contributed by atoms with Crippen LogP contribution in [0.5, 0.6) is 0 Å². The number of nitrogens with zero attached hydrogens (tertiary/aromatic N) is 1. The molecule has 1 amide bonds. The molecule has 0 atom stereocenters. The molecule has 4 heteroatoms. The van der Waals surface area contributed by atoms with E-state index in [9.17, 15) is 9.59 Å². The first-order valence-corrected chi connectivity index (χ1v) is 8.68. The molecular formula is C19H25NO3. The summed E-state index contributed by atoms with van der Waals surface area (Å²) in [5, 5.41) is 8.93. The summed E-state index contributed by atoms with van der Waals surface area (Å²) in [6, 6.07) is 6.65. The topological polar surface area (TPSA) is 57.6 Å². The lowest BCUT2D eigenvalue weighted by Crippen LogP contribution is -2.47. The van der Waals surface area contributed by atoms with Crippen molar-refractivity contribution in [1.82, 2.24) is 4.90 Å². The molecule has 1 aromatic carbocycles. The number of amides is 1. The number of carbonyl (C=O) groups excluding carboxylic acids is 1. The molecule has 1 spiro atoms. The van der Waals surface area contributed by atoms with Crippen molar-refractivity contribution >= 4 is 11.9 Å². The second-order valence-electron chi connectivity index (χ2n) is 7.16. The summed E-state index contributed by atoms with van der Waals surface area (Å²) in [6.45, 7) is 1.78. The average Bonchev–Trinajstić information content (AvgIpc) is 2.56. The average molecular weight is 315 g/mol. The predicted octanol–water partition coefficient (Wildman–Crippen LogP) is 3.50. The van der Waals surface area contributed by atoms with E-state index in [1.807, 2.05) is 4.90 Å². The maximum atomic E-state index is 12.6. The first-order chi connectivity index (χ1) is 11.1. The largest absolute Gasteiger partial charge is 0.478 e. The van der Waals surface area contributed by atoms with E-state index in [1.54, 1.807) is 24.3 Å². The molecule has 2 fully saturated rings. The second-order valence-corrected chi connectivity index (χ2v) is 7.16. The Labute approximate surface area is 137 Å². The molecule has 1 saturated carbocycles. The number of likely N-dealkylation sites (tertiary alicyclic amines) is 1. The third-order valence-corrected chi connectivity index (χ3v) is 5.48. The molecule has 1 saturated heterocycles. The monoisotopic (exact) mass is 315 g/mol. The molecule has 1 aliphatic heterocycles. The molecule has 1 aliphatic carbocycles. The zero-order valence-electron chi connectivity index (χ0n) is 13.6. The van der Waals surface area contributed by atoms with Crippen LogP contribution in [0.15, 0.2) is 24.3 Å². The van der Waals surface area contributed by atoms with Crippen LogP contribution in [0, 0.1) is 5.41 Å². The van der Waals surface area contributed by atoms with Gasteiger partial charge in [-0.25, -0.2) is 4.79 Å². The quantitative estimate of drug-likeness (QED) is 0.928. The van der Waals surface area contributed by atoms with Crippen LogP contribution in [-0.2, 0) is 11.2 Å². The lowest BCUT2D eigenvalue weighted by molar-refractivity contribution is -0.134. The summed E-state index contributed by atoms with van der Waals surface area (Å²) < 4.78 is 0. The molecule has 0 radical (unpaired) electrons. The molecule has 1 aromatic rings. The SMILES string of the molecule is O=C(O)c1ccc(CC(=O)N2CCCC3(CCCCC3)C2)cc1. The highest BCUT2D eigenvalue weighted by molar-refractivity contribution is 5.87. The minimum Gasteiger partial charge on any atom is -0.478 e. The number of hydrogen-bond donors (Lipinski definition) is 1. The third-order valence-electron chi connectivity index (χ3n) is 5.48. The fourth-order valence-corrected chi connectivity index (χ4v) is 4.18. The fraction of sp³-hybridized carbons (Fsp3) is 0.579. The van der Waals surface area contributed by atoms with Gasteiger partial charge in [-0.2, -0.15) is 0 Å². The number of carboxylic acids is 1. The summed E-state index contributed by atoms with van der Waals surface area (Å²) in [5.74, 6) is -0.754. The number of rotatable bonds is 3. The molecule has 4 nitrogen and oxygen atoms in total. The zero-order valence-corrected chi connectivity index (χ0v) is 13.6. The number of carboxylic acid groups (broad SMARTS) is 1. The first-order valence-electron chi connectivity index (χ1n) is 8.68. The lowest BCUT2D eigenvalue weighted by Gasteiger charge is -2.45. The molecule has 0 aromatic heterocycles. The Bertz CT molecular complexity index is 567. The van der Waals surface area contributed by atoms with E-state index in [1.165, 1.54) is 38.5 Å². The maximum absolute atomic E-state index is 12.6. The van der Waals surface area contributed by atoms with Crippen LogP contribution in [-0.4, -0.2) is 35.0 Å². The van der Waals surface area contributed by atoms with E-state index >= 15 is 0 Å². The van der Waals surface area contributed by atoms with Crippen molar-refractivity contribution < 1.29 is 14.7 Å². The molecular weight excluding hydrogens is 290 g/mol. The molecule has 0 unspecified atom stereocenters. The first kappa shape index (κ1) is 16.0.